The maximum Gasteiger partial charge on any atom is 0.480 e. The molecular weight excluding hydrogens is 325 g/mol. The molecule has 1 amide bonds. The summed E-state index contributed by atoms with van der Waals surface area (Å²) in [5, 5.41) is 2.23. The van der Waals surface area contributed by atoms with Crippen molar-refractivity contribution in [3.63, 3.8) is 0 Å². The number of hydrogen-bond acceptors (Lipinski definition) is 5. The van der Waals surface area contributed by atoms with E-state index in [-0.39, 0.29) is 18.5 Å². The summed E-state index contributed by atoms with van der Waals surface area (Å²) in [4.78, 5) is 11.0. The van der Waals surface area contributed by atoms with E-state index in [1.807, 2.05) is 4.13 Å². The summed E-state index contributed by atoms with van der Waals surface area (Å²) < 4.78 is 80.9. The van der Waals surface area contributed by atoms with E-state index in [0.29, 0.717) is 0 Å². The number of rotatable bonds is 7. The topological polar surface area (TPSA) is 111 Å². The second kappa shape index (κ2) is 6.54. The molecule has 0 aliphatic rings. The normalized spacial score (nSPS) is 13.0. The summed E-state index contributed by atoms with van der Waals surface area (Å²) in [7, 11) is -10.9. The van der Waals surface area contributed by atoms with Crippen LogP contribution < -0.4 is 5.32 Å². The second-order valence-corrected chi connectivity index (χ2v) is 7.25. The maximum atomic E-state index is 11.9. The first kappa shape index (κ1) is 18.9. The van der Waals surface area contributed by atoms with Crippen LogP contribution in [0.4, 0.5) is 13.2 Å². The van der Waals surface area contributed by atoms with Gasteiger partial charge in [-0.25, -0.2) is 16.8 Å². The Kier molecular flexibility index (Phi) is 6.17. The summed E-state index contributed by atoms with van der Waals surface area (Å²) in [6, 6.07) is 0. The molecule has 0 aliphatic carbocycles. The van der Waals surface area contributed by atoms with Gasteiger partial charge in [0.25, 0.3) is 0 Å². The average Bonchev–Trinajstić information content (AvgIpc) is 2.20. The highest BCUT2D eigenvalue weighted by Crippen LogP contribution is 2.30. The number of nitrogens with zero attached hydrogens (tertiary/aromatic N) is 1. The highest BCUT2D eigenvalue weighted by molar-refractivity contribution is 8.12. The van der Waals surface area contributed by atoms with Gasteiger partial charge in [-0.05, 0) is 13.3 Å². The van der Waals surface area contributed by atoms with Crippen molar-refractivity contribution >= 4 is 26.0 Å². The zero-order valence-electron chi connectivity index (χ0n) is 10.3. The fourth-order valence-corrected chi connectivity index (χ4v) is 3.18. The summed E-state index contributed by atoms with van der Waals surface area (Å²) >= 11 is 0. The van der Waals surface area contributed by atoms with Gasteiger partial charge >= 0.3 is 5.51 Å². The Morgan fingerprint density at radius 2 is 1.75 bits per heavy atom. The summed E-state index contributed by atoms with van der Waals surface area (Å²) in [6.45, 7) is 4.53. The Hall–Kier alpha value is -1.14. The summed E-state index contributed by atoms with van der Waals surface area (Å²) in [6.07, 6.45) is -0.293. The van der Waals surface area contributed by atoms with Gasteiger partial charge in [-0.3, -0.25) is 4.79 Å². The van der Waals surface area contributed by atoms with Crippen molar-refractivity contribution in [3.05, 3.63) is 16.3 Å². The van der Waals surface area contributed by atoms with Crippen LogP contribution in [0.15, 0.2) is 12.2 Å². The molecule has 0 radical (unpaired) electrons. The van der Waals surface area contributed by atoms with Gasteiger partial charge in [0, 0.05) is 17.9 Å². The minimum Gasteiger partial charge on any atom is -0.428 e. The molecule has 0 saturated heterocycles. The molecular formula is C8H12F3N2O5S2-. The quantitative estimate of drug-likeness (QED) is 0.541. The Morgan fingerprint density at radius 1 is 1.25 bits per heavy atom. The number of carbonyl (C=O) groups is 1. The van der Waals surface area contributed by atoms with Crippen LogP contribution in [0.3, 0.4) is 0 Å². The fourth-order valence-electron chi connectivity index (χ4n) is 0.836. The van der Waals surface area contributed by atoms with Gasteiger partial charge in [-0.2, -0.15) is 13.2 Å². The van der Waals surface area contributed by atoms with E-state index in [2.05, 4.69) is 11.9 Å². The number of amides is 1. The number of sulfonamides is 2. The molecule has 0 aromatic carbocycles. The zero-order valence-corrected chi connectivity index (χ0v) is 11.9. The Bertz CT molecular complexity index is 580. The van der Waals surface area contributed by atoms with E-state index in [1.165, 1.54) is 6.92 Å². The molecule has 7 nitrogen and oxygen atoms in total. The lowest BCUT2D eigenvalue weighted by Gasteiger charge is -2.21. The van der Waals surface area contributed by atoms with Crippen molar-refractivity contribution in [1.29, 1.82) is 0 Å². The van der Waals surface area contributed by atoms with Crippen LogP contribution >= 0.6 is 0 Å². The first-order valence-corrected chi connectivity index (χ1v) is 8.05. The van der Waals surface area contributed by atoms with Crippen LogP contribution in [-0.2, 0) is 24.8 Å². The first-order chi connectivity index (χ1) is 8.78. The number of hydrogen-bond donors (Lipinski definition) is 1. The van der Waals surface area contributed by atoms with Gasteiger partial charge in [-0.15, -0.1) is 0 Å². The van der Waals surface area contributed by atoms with Crippen LogP contribution in [0.5, 0.6) is 0 Å². The van der Waals surface area contributed by atoms with E-state index in [0.717, 1.165) is 0 Å². The van der Waals surface area contributed by atoms with E-state index < -0.39 is 37.2 Å². The van der Waals surface area contributed by atoms with Crippen LogP contribution in [0, 0.1) is 0 Å². The van der Waals surface area contributed by atoms with Crippen molar-refractivity contribution < 1.29 is 34.8 Å². The molecule has 0 aromatic heterocycles. The molecule has 0 aromatic rings. The van der Waals surface area contributed by atoms with Gasteiger partial charge in [0.05, 0.1) is 10.0 Å². The lowest BCUT2D eigenvalue weighted by Crippen LogP contribution is -2.28. The molecule has 1 N–H and O–H groups in total. The van der Waals surface area contributed by atoms with E-state index >= 15 is 0 Å². The lowest BCUT2D eigenvalue weighted by molar-refractivity contribution is -0.117. The standard InChI is InChI=1S/C8H12F3N2O5S2/c1-6(2)7(14)12-4-3-5-19(15,16)13-20(17,18)8(9,10)11/h1,3-5H2,2H3,(H,12,14)/q-1. The third-order valence-corrected chi connectivity index (χ3v) is 4.84. The number of halogens is 3. The predicted molar refractivity (Wildman–Crippen MR) is 64.6 cm³/mol. The predicted octanol–water partition coefficient (Wildman–Crippen LogP) is 0.622. The number of alkyl halides is 3. The van der Waals surface area contributed by atoms with Crippen LogP contribution in [0.25, 0.3) is 4.13 Å². The largest absolute Gasteiger partial charge is 0.480 e. The van der Waals surface area contributed by atoms with E-state index in [9.17, 15) is 34.8 Å². The average molecular weight is 337 g/mol. The molecule has 0 spiro atoms. The fraction of sp³-hybridized carbons (Fsp3) is 0.625. The monoisotopic (exact) mass is 337 g/mol. The van der Waals surface area contributed by atoms with Crippen molar-refractivity contribution in [3.8, 4) is 0 Å². The second-order valence-electron chi connectivity index (χ2n) is 3.67. The maximum absolute atomic E-state index is 11.9. The van der Waals surface area contributed by atoms with Gasteiger partial charge < -0.3 is 9.44 Å². The molecule has 118 valence electrons. The first-order valence-electron chi connectivity index (χ1n) is 5.00. The molecule has 0 bridgehead atoms. The van der Waals surface area contributed by atoms with Crippen molar-refractivity contribution in [1.82, 2.24) is 5.32 Å². The molecule has 0 unspecified atom stereocenters. The molecule has 0 saturated carbocycles. The third-order valence-electron chi connectivity index (χ3n) is 1.76. The minimum atomic E-state index is -6.09. The van der Waals surface area contributed by atoms with Gasteiger partial charge in [-0.1, -0.05) is 6.58 Å². The highest BCUT2D eigenvalue weighted by atomic mass is 32.3. The molecule has 12 heteroatoms. The van der Waals surface area contributed by atoms with Crippen molar-refractivity contribution in [2.75, 3.05) is 12.3 Å². The SMILES string of the molecule is C=C(C)C(=O)NCCCS(=O)(=O)[N-]S(=O)(=O)C(F)(F)F. The Labute approximate surface area is 114 Å². The minimum absolute atomic E-state index is 0.164. The zero-order chi connectivity index (χ0) is 16.2. The highest BCUT2D eigenvalue weighted by Gasteiger charge is 2.40. The molecule has 0 atom stereocenters. The summed E-state index contributed by atoms with van der Waals surface area (Å²) in [5.41, 5.74) is -5.61. The molecule has 20 heavy (non-hydrogen) atoms. The Balaban J connectivity index is 4.44. The number of carbonyl (C=O) groups excluding carboxylic acids is 1. The van der Waals surface area contributed by atoms with Gasteiger partial charge in [0.15, 0.2) is 10.0 Å². The number of nitrogens with one attached hydrogen (secondary N) is 1. The van der Waals surface area contributed by atoms with Gasteiger partial charge in [0.2, 0.25) is 5.91 Å². The molecule has 0 rings (SSSR count). The van der Waals surface area contributed by atoms with Crippen molar-refractivity contribution in [2.24, 2.45) is 0 Å². The van der Waals surface area contributed by atoms with Crippen molar-refractivity contribution in [2.45, 2.75) is 18.9 Å². The van der Waals surface area contributed by atoms with E-state index in [1.54, 1.807) is 0 Å². The van der Waals surface area contributed by atoms with E-state index in [4.69, 9.17) is 0 Å². The molecule has 0 fully saturated rings. The van der Waals surface area contributed by atoms with Crippen LogP contribution in [0.1, 0.15) is 13.3 Å². The van der Waals surface area contributed by atoms with Gasteiger partial charge in [0.1, 0.15) is 0 Å². The summed E-state index contributed by atoms with van der Waals surface area (Å²) in [5.74, 6) is -1.50. The molecule has 0 aliphatic heterocycles. The molecule has 0 heterocycles. The Morgan fingerprint density at radius 3 is 2.15 bits per heavy atom. The third kappa shape index (κ3) is 6.34. The van der Waals surface area contributed by atoms with Crippen LogP contribution in [0.2, 0.25) is 0 Å². The smallest absolute Gasteiger partial charge is 0.428 e. The van der Waals surface area contributed by atoms with Crippen LogP contribution in [-0.4, -0.2) is 40.5 Å². The lowest BCUT2D eigenvalue weighted by atomic mass is 10.3.